The van der Waals surface area contributed by atoms with E-state index in [2.05, 4.69) is 60.5 Å². The van der Waals surface area contributed by atoms with Crippen LogP contribution in [0.5, 0.6) is 0 Å². The Bertz CT molecular complexity index is 667. The van der Waals surface area contributed by atoms with Crippen molar-refractivity contribution < 1.29 is 0 Å². The van der Waals surface area contributed by atoms with Gasteiger partial charge in [-0.05, 0) is 68.4 Å². The van der Waals surface area contributed by atoms with Gasteiger partial charge in [0.2, 0.25) is 0 Å². The zero-order valence-electron chi connectivity index (χ0n) is 14.9. The Labute approximate surface area is 145 Å². The van der Waals surface area contributed by atoms with E-state index in [0.29, 0.717) is 0 Å². The summed E-state index contributed by atoms with van der Waals surface area (Å²) in [5, 5.41) is 3.58. The summed E-state index contributed by atoms with van der Waals surface area (Å²) in [6, 6.07) is 13.0. The molecule has 128 valence electrons. The molecule has 3 rings (SSSR count). The molecule has 0 amide bonds. The van der Waals surface area contributed by atoms with Crippen molar-refractivity contribution >= 4 is 17.1 Å². The number of nitrogen functional groups attached to an aromatic ring is 1. The zero-order valence-corrected chi connectivity index (χ0v) is 14.9. The lowest BCUT2D eigenvalue weighted by Gasteiger charge is -2.20. The van der Waals surface area contributed by atoms with Crippen LogP contribution in [0.15, 0.2) is 36.4 Å². The van der Waals surface area contributed by atoms with E-state index in [4.69, 9.17) is 5.73 Å². The summed E-state index contributed by atoms with van der Waals surface area (Å²) in [5.74, 6) is 0. The molecule has 0 atom stereocenters. The maximum Gasteiger partial charge on any atom is 0.0600 e. The molecule has 1 heterocycles. The van der Waals surface area contributed by atoms with E-state index in [1.807, 2.05) is 0 Å². The van der Waals surface area contributed by atoms with Crippen molar-refractivity contribution in [1.82, 2.24) is 0 Å². The summed E-state index contributed by atoms with van der Waals surface area (Å²) in [6.07, 6.45) is 4.73. The lowest BCUT2D eigenvalue weighted by atomic mass is 10.1. The molecule has 2 aromatic rings. The molecule has 0 aromatic heterocycles. The average molecular weight is 323 g/mol. The third-order valence-electron chi connectivity index (χ3n) is 4.96. The summed E-state index contributed by atoms with van der Waals surface area (Å²) >= 11 is 0. The van der Waals surface area contributed by atoms with Gasteiger partial charge in [-0.2, -0.15) is 0 Å². The second-order valence-corrected chi connectivity index (χ2v) is 6.88. The fourth-order valence-corrected chi connectivity index (χ4v) is 3.60. The van der Waals surface area contributed by atoms with E-state index in [1.165, 1.54) is 40.9 Å². The SMILES string of the molecule is Cc1cccc(C)c1NCCCc1ccc(N2CCCC2)c(N)c1. The van der Waals surface area contributed by atoms with E-state index >= 15 is 0 Å². The van der Waals surface area contributed by atoms with Gasteiger partial charge < -0.3 is 16.0 Å². The zero-order chi connectivity index (χ0) is 16.9. The monoisotopic (exact) mass is 323 g/mol. The van der Waals surface area contributed by atoms with Crippen molar-refractivity contribution in [2.45, 2.75) is 39.5 Å². The van der Waals surface area contributed by atoms with Gasteiger partial charge in [0.25, 0.3) is 0 Å². The van der Waals surface area contributed by atoms with Crippen LogP contribution in [0.1, 0.15) is 36.0 Å². The van der Waals surface area contributed by atoms with Gasteiger partial charge in [0.1, 0.15) is 0 Å². The molecule has 0 aliphatic carbocycles. The van der Waals surface area contributed by atoms with E-state index in [0.717, 1.165) is 38.2 Å². The molecule has 0 radical (unpaired) electrons. The third-order valence-corrected chi connectivity index (χ3v) is 4.96. The number of para-hydroxylation sites is 1. The van der Waals surface area contributed by atoms with Gasteiger partial charge in [0.05, 0.1) is 11.4 Å². The molecule has 1 fully saturated rings. The van der Waals surface area contributed by atoms with Crippen LogP contribution in [-0.4, -0.2) is 19.6 Å². The normalized spacial score (nSPS) is 14.2. The standard InChI is InChI=1S/C21H29N3/c1-16-7-5-8-17(2)21(16)23-12-6-9-18-10-11-20(19(22)15-18)24-13-3-4-14-24/h5,7-8,10-11,15,23H,3-4,6,9,12-14,22H2,1-2H3. The van der Waals surface area contributed by atoms with Gasteiger partial charge in [0, 0.05) is 25.3 Å². The number of hydrogen-bond acceptors (Lipinski definition) is 3. The molecule has 3 nitrogen and oxygen atoms in total. The quantitative estimate of drug-likeness (QED) is 0.606. The Hall–Kier alpha value is -2.16. The summed E-state index contributed by atoms with van der Waals surface area (Å²) in [4.78, 5) is 2.40. The van der Waals surface area contributed by atoms with Crippen LogP contribution < -0.4 is 16.0 Å². The van der Waals surface area contributed by atoms with Crippen molar-refractivity contribution in [3.8, 4) is 0 Å². The fraction of sp³-hybridized carbons (Fsp3) is 0.429. The molecule has 3 heteroatoms. The first-order valence-corrected chi connectivity index (χ1v) is 9.08. The van der Waals surface area contributed by atoms with Gasteiger partial charge in [-0.3, -0.25) is 0 Å². The molecule has 0 unspecified atom stereocenters. The Morgan fingerprint density at radius 1 is 1.04 bits per heavy atom. The fourth-order valence-electron chi connectivity index (χ4n) is 3.60. The topological polar surface area (TPSA) is 41.3 Å². The minimum Gasteiger partial charge on any atom is -0.397 e. The van der Waals surface area contributed by atoms with Crippen molar-refractivity contribution in [3.63, 3.8) is 0 Å². The number of aryl methyl sites for hydroxylation is 3. The predicted octanol–water partition coefficient (Wildman–Crippen LogP) is 4.53. The highest BCUT2D eigenvalue weighted by atomic mass is 15.1. The molecule has 3 N–H and O–H groups in total. The second-order valence-electron chi connectivity index (χ2n) is 6.88. The Balaban J connectivity index is 1.52. The van der Waals surface area contributed by atoms with E-state index in [1.54, 1.807) is 0 Å². The minimum atomic E-state index is 0.928. The lowest BCUT2D eigenvalue weighted by molar-refractivity contribution is 0.860. The van der Waals surface area contributed by atoms with Crippen LogP contribution in [0, 0.1) is 13.8 Å². The lowest BCUT2D eigenvalue weighted by Crippen LogP contribution is -2.19. The molecular formula is C21H29N3. The highest BCUT2D eigenvalue weighted by Gasteiger charge is 2.14. The van der Waals surface area contributed by atoms with Crippen LogP contribution in [0.2, 0.25) is 0 Å². The van der Waals surface area contributed by atoms with Gasteiger partial charge in [0.15, 0.2) is 0 Å². The number of anilines is 3. The first-order valence-electron chi connectivity index (χ1n) is 9.08. The summed E-state index contributed by atoms with van der Waals surface area (Å²) in [7, 11) is 0. The molecule has 1 saturated heterocycles. The molecular weight excluding hydrogens is 294 g/mol. The number of hydrogen-bond donors (Lipinski definition) is 2. The average Bonchev–Trinajstić information content (AvgIpc) is 3.08. The first-order chi connectivity index (χ1) is 11.6. The van der Waals surface area contributed by atoms with Crippen molar-refractivity contribution in [2.75, 3.05) is 35.6 Å². The highest BCUT2D eigenvalue weighted by Crippen LogP contribution is 2.28. The molecule has 24 heavy (non-hydrogen) atoms. The number of nitrogens with two attached hydrogens (primary N) is 1. The number of rotatable bonds is 6. The van der Waals surface area contributed by atoms with E-state index in [9.17, 15) is 0 Å². The Morgan fingerprint density at radius 3 is 2.42 bits per heavy atom. The molecule has 2 aromatic carbocycles. The largest absolute Gasteiger partial charge is 0.397 e. The maximum atomic E-state index is 6.28. The Kier molecular flexibility index (Phi) is 5.29. The van der Waals surface area contributed by atoms with Gasteiger partial charge >= 0.3 is 0 Å². The molecule has 1 aliphatic heterocycles. The second kappa shape index (κ2) is 7.61. The number of benzene rings is 2. The van der Waals surface area contributed by atoms with Gasteiger partial charge in [-0.15, -0.1) is 0 Å². The van der Waals surface area contributed by atoms with Crippen LogP contribution in [0.4, 0.5) is 17.1 Å². The van der Waals surface area contributed by atoms with Crippen molar-refractivity contribution in [1.29, 1.82) is 0 Å². The van der Waals surface area contributed by atoms with Crippen LogP contribution in [0.25, 0.3) is 0 Å². The van der Waals surface area contributed by atoms with Crippen LogP contribution >= 0.6 is 0 Å². The third kappa shape index (κ3) is 3.84. The molecule has 0 bridgehead atoms. The summed E-state index contributed by atoms with van der Waals surface area (Å²) in [6.45, 7) is 7.59. The predicted molar refractivity (Wildman–Crippen MR) is 105 cm³/mol. The van der Waals surface area contributed by atoms with Gasteiger partial charge in [-0.25, -0.2) is 0 Å². The first kappa shape index (κ1) is 16.7. The van der Waals surface area contributed by atoms with Crippen LogP contribution in [-0.2, 0) is 6.42 Å². The summed E-state index contributed by atoms with van der Waals surface area (Å²) < 4.78 is 0. The maximum absolute atomic E-state index is 6.28. The highest BCUT2D eigenvalue weighted by molar-refractivity contribution is 5.68. The number of nitrogens with zero attached hydrogens (tertiary/aromatic N) is 1. The molecule has 0 spiro atoms. The van der Waals surface area contributed by atoms with Crippen molar-refractivity contribution in [2.24, 2.45) is 0 Å². The smallest absolute Gasteiger partial charge is 0.0600 e. The summed E-state index contributed by atoms with van der Waals surface area (Å²) in [5.41, 5.74) is 13.7. The van der Waals surface area contributed by atoms with Crippen molar-refractivity contribution in [3.05, 3.63) is 53.1 Å². The van der Waals surface area contributed by atoms with E-state index < -0.39 is 0 Å². The van der Waals surface area contributed by atoms with E-state index in [-0.39, 0.29) is 0 Å². The number of nitrogens with one attached hydrogen (secondary N) is 1. The van der Waals surface area contributed by atoms with Gasteiger partial charge in [-0.1, -0.05) is 24.3 Å². The molecule has 0 saturated carbocycles. The Morgan fingerprint density at radius 2 is 1.75 bits per heavy atom. The minimum absolute atomic E-state index is 0.928. The van der Waals surface area contributed by atoms with Crippen LogP contribution in [0.3, 0.4) is 0 Å². The molecule has 1 aliphatic rings.